The zero-order valence-electron chi connectivity index (χ0n) is 16.3. The van der Waals surface area contributed by atoms with Gasteiger partial charge < -0.3 is 15.2 Å². The Kier molecular flexibility index (Phi) is 5.52. The third kappa shape index (κ3) is 4.43. The van der Waals surface area contributed by atoms with Gasteiger partial charge in [0.25, 0.3) is 5.91 Å². The number of fused-ring (bicyclic) bond motifs is 1. The smallest absolute Gasteiger partial charge is 0.271 e. The van der Waals surface area contributed by atoms with Crippen molar-refractivity contribution in [3.05, 3.63) is 89.7 Å². The van der Waals surface area contributed by atoms with Crippen LogP contribution < -0.4 is 10.2 Å². The summed E-state index contributed by atoms with van der Waals surface area (Å²) in [5.74, 6) is 0.513. The number of amides is 1. The number of anilines is 1. The first-order valence-corrected chi connectivity index (χ1v) is 9.63. The molecule has 6 nitrogen and oxygen atoms in total. The number of rotatable bonds is 7. The highest BCUT2D eigenvalue weighted by atomic mass is 16.1. The largest absolute Gasteiger partial charge is 0.361 e. The summed E-state index contributed by atoms with van der Waals surface area (Å²) in [5.41, 5.74) is 3.80. The molecule has 0 radical (unpaired) electrons. The fourth-order valence-corrected chi connectivity index (χ4v) is 3.33. The first-order valence-electron chi connectivity index (χ1n) is 9.63. The van der Waals surface area contributed by atoms with E-state index in [0.717, 1.165) is 24.3 Å². The van der Waals surface area contributed by atoms with Gasteiger partial charge in [0.15, 0.2) is 11.5 Å². The predicted molar refractivity (Wildman–Crippen MR) is 115 cm³/mol. The second kappa shape index (κ2) is 8.56. The molecule has 6 heteroatoms. The molecule has 4 rings (SSSR count). The number of nitrogens with zero attached hydrogens (tertiary/aromatic N) is 3. The number of hydrogen-bond donors (Lipinski definition) is 2. The summed E-state index contributed by atoms with van der Waals surface area (Å²) in [4.78, 5) is 17.6. The molecule has 0 atom stereocenters. The summed E-state index contributed by atoms with van der Waals surface area (Å²) in [6.45, 7) is 1.27. The van der Waals surface area contributed by atoms with E-state index in [-0.39, 0.29) is 5.91 Å². The minimum atomic E-state index is -0.213. The van der Waals surface area contributed by atoms with Gasteiger partial charge >= 0.3 is 0 Å². The molecule has 4 aromatic rings. The van der Waals surface area contributed by atoms with Gasteiger partial charge in [-0.2, -0.15) is 0 Å². The molecule has 0 bridgehead atoms. The van der Waals surface area contributed by atoms with Crippen molar-refractivity contribution in [3.8, 4) is 0 Å². The van der Waals surface area contributed by atoms with Crippen LogP contribution in [0.1, 0.15) is 21.6 Å². The lowest BCUT2D eigenvalue weighted by Crippen LogP contribution is -2.27. The Bertz CT molecular complexity index is 1090. The van der Waals surface area contributed by atoms with E-state index >= 15 is 0 Å². The lowest BCUT2D eigenvalue weighted by Gasteiger charge is -2.17. The van der Waals surface area contributed by atoms with Crippen LogP contribution in [0.5, 0.6) is 0 Å². The normalized spacial score (nSPS) is 10.8. The van der Waals surface area contributed by atoms with Crippen molar-refractivity contribution < 1.29 is 4.79 Å². The van der Waals surface area contributed by atoms with E-state index in [1.165, 1.54) is 16.5 Å². The highest BCUT2D eigenvalue weighted by Gasteiger charge is 2.10. The molecule has 0 unspecified atom stereocenters. The van der Waals surface area contributed by atoms with Gasteiger partial charge in [0.1, 0.15) is 0 Å². The number of carbonyl (C=O) groups excluding carboxylic acids is 1. The van der Waals surface area contributed by atoms with E-state index in [9.17, 15) is 4.79 Å². The van der Waals surface area contributed by atoms with Crippen LogP contribution in [0, 0.1) is 0 Å². The molecule has 29 heavy (non-hydrogen) atoms. The number of hydrogen-bond acceptors (Lipinski definition) is 4. The molecular weight excluding hydrogens is 362 g/mol. The van der Waals surface area contributed by atoms with Gasteiger partial charge in [-0.1, -0.05) is 48.5 Å². The van der Waals surface area contributed by atoms with E-state index in [1.54, 1.807) is 6.07 Å². The SMILES string of the molecule is CN(Cc1ccccc1)c1ccc(C(=O)NCCc2c[nH]c3ccccc23)nn1. The Morgan fingerprint density at radius 2 is 1.79 bits per heavy atom. The van der Waals surface area contributed by atoms with Crippen molar-refractivity contribution in [3.63, 3.8) is 0 Å². The van der Waals surface area contributed by atoms with Crippen molar-refractivity contribution >= 4 is 22.6 Å². The Morgan fingerprint density at radius 1 is 1.00 bits per heavy atom. The van der Waals surface area contributed by atoms with Gasteiger partial charge in [-0.25, -0.2) is 0 Å². The van der Waals surface area contributed by atoms with Gasteiger partial charge in [-0.15, -0.1) is 10.2 Å². The molecule has 0 aliphatic rings. The molecule has 1 amide bonds. The van der Waals surface area contributed by atoms with E-state index < -0.39 is 0 Å². The van der Waals surface area contributed by atoms with E-state index in [1.807, 2.05) is 60.6 Å². The molecule has 146 valence electrons. The topological polar surface area (TPSA) is 73.9 Å². The third-order valence-corrected chi connectivity index (χ3v) is 4.89. The van der Waals surface area contributed by atoms with Crippen LogP contribution >= 0.6 is 0 Å². The zero-order chi connectivity index (χ0) is 20.1. The number of aromatic amines is 1. The summed E-state index contributed by atoms with van der Waals surface area (Å²) in [7, 11) is 1.96. The van der Waals surface area contributed by atoms with Crippen molar-refractivity contribution in [1.82, 2.24) is 20.5 Å². The van der Waals surface area contributed by atoms with Crippen LogP contribution in [0.4, 0.5) is 5.82 Å². The van der Waals surface area contributed by atoms with Crippen molar-refractivity contribution in [2.75, 3.05) is 18.5 Å². The summed E-state index contributed by atoms with van der Waals surface area (Å²) >= 11 is 0. The summed E-state index contributed by atoms with van der Waals surface area (Å²) in [6.07, 6.45) is 2.75. The van der Waals surface area contributed by atoms with E-state index in [2.05, 4.69) is 38.7 Å². The lowest BCUT2D eigenvalue weighted by molar-refractivity contribution is 0.0948. The Labute approximate surface area is 169 Å². The first kappa shape index (κ1) is 18.7. The van der Waals surface area contributed by atoms with E-state index in [0.29, 0.717) is 12.2 Å². The molecule has 2 aromatic carbocycles. The highest BCUT2D eigenvalue weighted by Crippen LogP contribution is 2.17. The maximum atomic E-state index is 12.4. The van der Waals surface area contributed by atoms with Crippen LogP contribution in [0.25, 0.3) is 10.9 Å². The van der Waals surface area contributed by atoms with Gasteiger partial charge in [0.05, 0.1) is 0 Å². The average Bonchev–Trinajstić information content (AvgIpc) is 3.18. The summed E-state index contributed by atoms with van der Waals surface area (Å²) < 4.78 is 0. The summed E-state index contributed by atoms with van der Waals surface area (Å²) in [5, 5.41) is 12.4. The monoisotopic (exact) mass is 385 g/mol. The molecule has 2 aromatic heterocycles. The molecule has 0 aliphatic carbocycles. The van der Waals surface area contributed by atoms with Crippen molar-refractivity contribution in [2.45, 2.75) is 13.0 Å². The first-order chi connectivity index (χ1) is 14.2. The quantitative estimate of drug-likeness (QED) is 0.510. The molecule has 0 saturated heterocycles. The minimum Gasteiger partial charge on any atom is -0.361 e. The van der Waals surface area contributed by atoms with Crippen LogP contribution in [0.2, 0.25) is 0 Å². The Hall–Kier alpha value is -3.67. The molecule has 0 fully saturated rings. The molecular formula is C23H23N5O. The van der Waals surface area contributed by atoms with Crippen LogP contribution in [0.3, 0.4) is 0 Å². The minimum absolute atomic E-state index is 0.213. The van der Waals surface area contributed by atoms with Crippen LogP contribution in [-0.4, -0.2) is 34.7 Å². The number of para-hydroxylation sites is 1. The molecule has 0 aliphatic heterocycles. The van der Waals surface area contributed by atoms with E-state index in [4.69, 9.17) is 0 Å². The number of carbonyl (C=O) groups is 1. The Balaban J connectivity index is 1.32. The molecule has 2 heterocycles. The zero-order valence-corrected chi connectivity index (χ0v) is 16.3. The van der Waals surface area contributed by atoms with Gasteiger partial charge in [-0.3, -0.25) is 4.79 Å². The number of nitrogens with one attached hydrogen (secondary N) is 2. The second-order valence-corrected chi connectivity index (χ2v) is 6.98. The maximum Gasteiger partial charge on any atom is 0.271 e. The average molecular weight is 385 g/mol. The highest BCUT2D eigenvalue weighted by molar-refractivity contribution is 5.92. The third-order valence-electron chi connectivity index (χ3n) is 4.89. The van der Waals surface area contributed by atoms with Crippen molar-refractivity contribution in [1.29, 1.82) is 0 Å². The van der Waals surface area contributed by atoms with Crippen molar-refractivity contribution in [2.24, 2.45) is 0 Å². The number of aromatic nitrogens is 3. The maximum absolute atomic E-state index is 12.4. The number of H-pyrrole nitrogens is 1. The predicted octanol–water partition coefficient (Wildman–Crippen LogP) is 3.57. The van der Waals surface area contributed by atoms with Gasteiger partial charge in [0, 0.05) is 37.2 Å². The van der Waals surface area contributed by atoms with Crippen LogP contribution in [-0.2, 0) is 13.0 Å². The van der Waals surface area contributed by atoms with Crippen LogP contribution in [0.15, 0.2) is 72.9 Å². The Morgan fingerprint density at radius 3 is 2.59 bits per heavy atom. The van der Waals surface area contributed by atoms with Gasteiger partial charge in [-0.05, 0) is 35.7 Å². The summed E-state index contributed by atoms with van der Waals surface area (Å²) in [6, 6.07) is 21.8. The molecule has 2 N–H and O–H groups in total. The molecule has 0 saturated carbocycles. The lowest BCUT2D eigenvalue weighted by atomic mass is 10.1. The number of benzene rings is 2. The fourth-order valence-electron chi connectivity index (χ4n) is 3.33. The molecule has 0 spiro atoms. The standard InChI is InChI=1S/C23H23N5O/c1-28(16-17-7-3-2-4-8-17)22-12-11-21(26-27-22)23(29)24-14-13-18-15-25-20-10-6-5-9-19(18)20/h2-12,15,25H,13-14,16H2,1H3,(H,24,29). The fraction of sp³-hybridized carbons (Fsp3) is 0.174. The van der Waals surface area contributed by atoms with Gasteiger partial charge in [0.2, 0.25) is 0 Å². The second-order valence-electron chi connectivity index (χ2n) is 6.98.